The first kappa shape index (κ1) is 27.1. The molecule has 2 fully saturated rings. The van der Waals surface area contributed by atoms with Crippen molar-refractivity contribution in [3.63, 3.8) is 0 Å². The zero-order valence-corrected chi connectivity index (χ0v) is 21.8. The Morgan fingerprint density at radius 2 is 2.00 bits per heavy atom. The van der Waals surface area contributed by atoms with E-state index in [1.165, 1.54) is 27.9 Å². The van der Waals surface area contributed by atoms with Gasteiger partial charge >= 0.3 is 12.3 Å². The fraction of sp³-hybridized carbons (Fsp3) is 0.308. The van der Waals surface area contributed by atoms with E-state index < -0.39 is 29.0 Å². The Hall–Kier alpha value is -3.51. The Kier molecular flexibility index (Phi) is 7.34. The van der Waals surface area contributed by atoms with Crippen LogP contribution in [0.3, 0.4) is 0 Å². The lowest BCUT2D eigenvalue weighted by molar-refractivity contribution is -0.138. The molecule has 13 heteroatoms. The van der Waals surface area contributed by atoms with Gasteiger partial charge in [-0.2, -0.15) is 18.3 Å². The topological polar surface area (TPSA) is 105 Å². The van der Waals surface area contributed by atoms with Gasteiger partial charge in [-0.3, -0.25) is 19.2 Å². The summed E-state index contributed by atoms with van der Waals surface area (Å²) in [6.45, 7) is -0.118. The molecule has 3 amide bonds. The highest BCUT2D eigenvalue weighted by Crippen LogP contribution is 2.38. The number of imide groups is 1. The number of aromatic nitrogens is 2. The van der Waals surface area contributed by atoms with Crippen LogP contribution < -0.4 is 5.32 Å². The number of halogens is 4. The predicted molar refractivity (Wildman–Crippen MR) is 140 cm³/mol. The Morgan fingerprint density at radius 3 is 2.74 bits per heavy atom. The molecule has 39 heavy (non-hydrogen) atoms. The molecule has 2 N–H and O–H groups in total. The van der Waals surface area contributed by atoms with Crippen molar-refractivity contribution in [1.29, 1.82) is 0 Å². The molecule has 2 aromatic carbocycles. The molecule has 1 aromatic heterocycles. The minimum Gasteiger partial charge on any atom is -0.465 e. The zero-order chi connectivity index (χ0) is 27.9. The van der Waals surface area contributed by atoms with Crippen molar-refractivity contribution in [2.24, 2.45) is 0 Å². The molecule has 3 aromatic rings. The molecular formula is C26H22ClF3N4O4S. The van der Waals surface area contributed by atoms with E-state index in [4.69, 9.17) is 16.7 Å². The lowest BCUT2D eigenvalue weighted by Gasteiger charge is -2.33. The summed E-state index contributed by atoms with van der Waals surface area (Å²) in [5.74, 6) is -0.427. The minimum absolute atomic E-state index is 0.00862. The highest BCUT2D eigenvalue weighted by atomic mass is 35.5. The number of carbonyl (C=O) groups is 3. The highest BCUT2D eigenvalue weighted by molar-refractivity contribution is 8.18. The molecule has 5 rings (SSSR count). The summed E-state index contributed by atoms with van der Waals surface area (Å²) < 4.78 is 42.0. The molecule has 8 nitrogen and oxygen atoms in total. The van der Waals surface area contributed by atoms with Gasteiger partial charge in [0.05, 0.1) is 28.7 Å². The maximum absolute atomic E-state index is 13.5. The number of thioether (sulfide) groups is 1. The Bertz CT molecular complexity index is 1510. The van der Waals surface area contributed by atoms with Crippen LogP contribution in [-0.4, -0.2) is 49.1 Å². The smallest absolute Gasteiger partial charge is 0.416 e. The summed E-state index contributed by atoms with van der Waals surface area (Å²) in [7, 11) is 0. The SMILES string of the molecule is O=C(O)NC1CCCC(N2C(=O)SC(=Cc3ccc4c(cnn4Cc4ccc(Cl)cc4C(F)(F)F)c3)C2=O)C1. The third-order valence-electron chi connectivity index (χ3n) is 6.82. The zero-order valence-electron chi connectivity index (χ0n) is 20.2. The van der Waals surface area contributed by atoms with Crippen LogP contribution in [0.2, 0.25) is 5.02 Å². The first-order valence-electron chi connectivity index (χ1n) is 12.1. The van der Waals surface area contributed by atoms with Crippen LogP contribution in [0.25, 0.3) is 17.0 Å². The van der Waals surface area contributed by atoms with Crippen molar-refractivity contribution in [3.05, 3.63) is 69.2 Å². The average Bonchev–Trinajstić information content (AvgIpc) is 3.38. The minimum atomic E-state index is -4.56. The van der Waals surface area contributed by atoms with Gasteiger partial charge in [0.15, 0.2) is 0 Å². The number of fused-ring (bicyclic) bond motifs is 1. The molecule has 2 heterocycles. The Morgan fingerprint density at radius 1 is 1.21 bits per heavy atom. The number of carboxylic acid groups (broad SMARTS) is 1. The average molecular weight is 579 g/mol. The fourth-order valence-electron chi connectivity index (χ4n) is 5.08. The van der Waals surface area contributed by atoms with E-state index >= 15 is 0 Å². The van der Waals surface area contributed by atoms with Gasteiger partial charge in [0.25, 0.3) is 11.1 Å². The second kappa shape index (κ2) is 10.6. The van der Waals surface area contributed by atoms with E-state index in [-0.39, 0.29) is 34.1 Å². The first-order valence-corrected chi connectivity index (χ1v) is 13.3. The molecule has 204 valence electrons. The number of carbonyl (C=O) groups excluding carboxylic acids is 2. The fourth-order valence-corrected chi connectivity index (χ4v) is 6.15. The second-order valence-corrected chi connectivity index (χ2v) is 10.9. The lowest BCUT2D eigenvalue weighted by Crippen LogP contribution is -2.47. The maximum Gasteiger partial charge on any atom is 0.416 e. The van der Waals surface area contributed by atoms with Gasteiger partial charge in [-0.05, 0) is 78.9 Å². The van der Waals surface area contributed by atoms with E-state index in [2.05, 4.69) is 10.4 Å². The van der Waals surface area contributed by atoms with Gasteiger partial charge in [-0.1, -0.05) is 23.7 Å². The number of rotatable bonds is 5. The van der Waals surface area contributed by atoms with Crippen LogP contribution in [0.1, 0.15) is 42.4 Å². The van der Waals surface area contributed by atoms with E-state index in [9.17, 15) is 27.6 Å². The number of amides is 3. The number of hydrogen-bond donors (Lipinski definition) is 2. The Balaban J connectivity index is 1.35. The molecule has 1 aliphatic heterocycles. The second-order valence-electron chi connectivity index (χ2n) is 9.44. The van der Waals surface area contributed by atoms with Crippen LogP contribution in [0.5, 0.6) is 0 Å². The van der Waals surface area contributed by atoms with E-state index in [0.717, 1.165) is 17.8 Å². The monoisotopic (exact) mass is 578 g/mol. The summed E-state index contributed by atoms with van der Waals surface area (Å²) in [4.78, 5) is 38.3. The summed E-state index contributed by atoms with van der Waals surface area (Å²) in [5.41, 5.74) is 0.429. The molecule has 1 saturated heterocycles. The molecule has 0 spiro atoms. The lowest BCUT2D eigenvalue weighted by atomic mass is 9.90. The third kappa shape index (κ3) is 5.76. The standard InChI is InChI=1S/C26H22ClF3N4O4S/c27-17-6-5-15(20(10-17)26(28,29)30)13-33-21-7-4-14(8-16(21)12-31-33)9-22-23(35)34(25(38)39-22)19-3-1-2-18(11-19)32-24(36)37/h4-10,12,18-19,32H,1-3,11,13H2,(H,36,37). The van der Waals surface area contributed by atoms with Crippen LogP contribution >= 0.6 is 23.4 Å². The molecule has 1 aliphatic carbocycles. The predicted octanol–water partition coefficient (Wildman–Crippen LogP) is 6.37. The van der Waals surface area contributed by atoms with E-state index in [1.807, 2.05) is 0 Å². The molecule has 2 atom stereocenters. The van der Waals surface area contributed by atoms with Crippen molar-refractivity contribution < 1.29 is 32.7 Å². The van der Waals surface area contributed by atoms with Crippen LogP contribution in [0.15, 0.2) is 47.5 Å². The first-order chi connectivity index (χ1) is 18.5. The summed E-state index contributed by atoms with van der Waals surface area (Å²) >= 11 is 6.61. The van der Waals surface area contributed by atoms with Crippen LogP contribution in [-0.2, 0) is 17.5 Å². The molecular weight excluding hydrogens is 557 g/mol. The third-order valence-corrected chi connectivity index (χ3v) is 7.94. The van der Waals surface area contributed by atoms with Crippen LogP contribution in [0.4, 0.5) is 22.8 Å². The van der Waals surface area contributed by atoms with E-state index in [1.54, 1.807) is 24.3 Å². The van der Waals surface area contributed by atoms with Crippen molar-refractivity contribution in [3.8, 4) is 0 Å². The summed E-state index contributed by atoms with van der Waals surface area (Å²) in [5, 5.41) is 15.9. The number of benzene rings is 2. The quantitative estimate of drug-likeness (QED) is 0.341. The number of nitrogens with one attached hydrogen (secondary N) is 1. The van der Waals surface area contributed by atoms with Gasteiger partial charge < -0.3 is 10.4 Å². The summed E-state index contributed by atoms with van der Waals surface area (Å²) in [6.07, 6.45) is -0.259. The molecule has 2 aliphatic rings. The number of hydrogen-bond acceptors (Lipinski definition) is 5. The molecule has 2 unspecified atom stereocenters. The largest absolute Gasteiger partial charge is 0.465 e. The highest BCUT2D eigenvalue weighted by Gasteiger charge is 2.41. The van der Waals surface area contributed by atoms with Gasteiger partial charge in [-0.15, -0.1) is 0 Å². The van der Waals surface area contributed by atoms with Crippen molar-refractivity contribution in [2.45, 2.75) is 50.5 Å². The molecule has 0 radical (unpaired) electrons. The van der Waals surface area contributed by atoms with Crippen molar-refractivity contribution in [2.75, 3.05) is 0 Å². The van der Waals surface area contributed by atoms with E-state index in [0.29, 0.717) is 42.1 Å². The Labute approximate surface area is 229 Å². The molecule has 1 saturated carbocycles. The van der Waals surface area contributed by atoms with Crippen molar-refractivity contribution in [1.82, 2.24) is 20.0 Å². The number of alkyl halides is 3. The summed E-state index contributed by atoms with van der Waals surface area (Å²) in [6, 6.07) is 8.06. The molecule has 0 bridgehead atoms. The number of nitrogens with zero attached hydrogens (tertiary/aromatic N) is 3. The van der Waals surface area contributed by atoms with Crippen molar-refractivity contribution >= 4 is 57.6 Å². The normalized spacial score (nSPS) is 21.2. The van der Waals surface area contributed by atoms with Crippen LogP contribution in [0, 0.1) is 0 Å². The van der Waals surface area contributed by atoms with Gasteiger partial charge in [0, 0.05) is 22.5 Å². The maximum atomic E-state index is 13.5. The van der Waals surface area contributed by atoms with Gasteiger partial charge in [-0.25, -0.2) is 4.79 Å². The van der Waals surface area contributed by atoms with Gasteiger partial charge in [0.1, 0.15) is 0 Å². The van der Waals surface area contributed by atoms with Gasteiger partial charge in [0.2, 0.25) is 0 Å².